The van der Waals surface area contributed by atoms with Gasteiger partial charge in [-0.2, -0.15) is 4.37 Å². The predicted molar refractivity (Wildman–Crippen MR) is 70.2 cm³/mol. The number of hydrogen-bond acceptors (Lipinski definition) is 6. The highest BCUT2D eigenvalue weighted by Gasteiger charge is 2.31. The number of nitrogens with one attached hydrogen (secondary N) is 1. The Morgan fingerprint density at radius 2 is 2.25 bits per heavy atom. The minimum absolute atomic E-state index is 0.533. The molecule has 0 atom stereocenters. The average molecular weight is 259 g/mol. The van der Waals surface area contributed by atoms with Crippen LogP contribution in [0, 0.1) is 0 Å². The van der Waals surface area contributed by atoms with Gasteiger partial charge in [0.1, 0.15) is 5.00 Å². The van der Waals surface area contributed by atoms with E-state index in [2.05, 4.69) is 9.69 Å². The molecule has 0 saturated heterocycles. The molecule has 1 aromatic rings. The highest BCUT2D eigenvalue weighted by Crippen LogP contribution is 2.36. The van der Waals surface area contributed by atoms with Crippen molar-refractivity contribution in [3.8, 4) is 0 Å². The van der Waals surface area contributed by atoms with Gasteiger partial charge in [-0.15, -0.1) is 11.8 Å². The summed E-state index contributed by atoms with van der Waals surface area (Å²) in [5, 5.41) is 14.5. The van der Waals surface area contributed by atoms with Crippen molar-refractivity contribution in [1.82, 2.24) is 4.37 Å². The maximum Gasteiger partial charge on any atom is 0.153 e. The van der Waals surface area contributed by atoms with Crippen LogP contribution in [0.5, 0.6) is 0 Å². The van der Waals surface area contributed by atoms with Gasteiger partial charge >= 0.3 is 0 Å². The van der Waals surface area contributed by atoms with Crippen molar-refractivity contribution >= 4 is 34.1 Å². The van der Waals surface area contributed by atoms with E-state index in [0.717, 1.165) is 35.6 Å². The van der Waals surface area contributed by atoms with Gasteiger partial charge in [-0.25, -0.2) is 0 Å². The summed E-state index contributed by atoms with van der Waals surface area (Å²) in [5.74, 6) is 0.582. The van der Waals surface area contributed by atoms with E-state index in [0.29, 0.717) is 12.4 Å². The van der Waals surface area contributed by atoms with E-state index in [1.165, 1.54) is 11.5 Å². The molecule has 0 radical (unpaired) electrons. The summed E-state index contributed by atoms with van der Waals surface area (Å²) in [6, 6.07) is 0. The minimum Gasteiger partial charge on any atom is -0.388 e. The Morgan fingerprint density at radius 3 is 2.88 bits per heavy atom. The molecule has 0 aliphatic heterocycles. The Labute approximate surface area is 104 Å². The molecule has 16 heavy (non-hydrogen) atoms. The predicted octanol–water partition coefficient (Wildman–Crippen LogP) is 2.16. The van der Waals surface area contributed by atoms with Crippen LogP contribution in [0.3, 0.4) is 0 Å². The van der Waals surface area contributed by atoms with Crippen LogP contribution in [-0.4, -0.2) is 27.9 Å². The van der Waals surface area contributed by atoms with E-state index in [1.807, 2.05) is 6.26 Å². The molecule has 90 valence electrons. The van der Waals surface area contributed by atoms with Gasteiger partial charge in [0.25, 0.3) is 0 Å². The zero-order chi connectivity index (χ0) is 11.6. The van der Waals surface area contributed by atoms with Gasteiger partial charge in [0.05, 0.1) is 10.5 Å². The molecular weight excluding hydrogens is 242 g/mol. The summed E-state index contributed by atoms with van der Waals surface area (Å²) in [5.41, 5.74) is 5.21. The Bertz CT molecular complexity index is 361. The highest BCUT2D eigenvalue weighted by atomic mass is 32.2. The van der Waals surface area contributed by atoms with Gasteiger partial charge in [-0.05, 0) is 30.6 Å². The molecule has 1 saturated carbocycles. The Morgan fingerprint density at radius 1 is 1.56 bits per heavy atom. The fourth-order valence-electron chi connectivity index (χ4n) is 2.06. The normalized spacial score (nSPS) is 18.9. The maximum atomic E-state index is 10.2. The average Bonchev–Trinajstić information content (AvgIpc) is 2.83. The Hall–Kier alpha value is -0.460. The third-order valence-electron chi connectivity index (χ3n) is 2.99. The third kappa shape index (κ3) is 2.44. The summed E-state index contributed by atoms with van der Waals surface area (Å²) in [6.45, 7) is 0.599. The standard InChI is InChI=1S/C10H17N3OS2/c1-15-7-8(11)13-16-9(7)12-6-10(14)4-2-3-5-10/h12,14H,2-6H2,1H3,(H2,11,13). The van der Waals surface area contributed by atoms with Crippen LogP contribution in [0.2, 0.25) is 0 Å². The van der Waals surface area contributed by atoms with Crippen molar-refractivity contribution in [3.63, 3.8) is 0 Å². The molecule has 0 amide bonds. The maximum absolute atomic E-state index is 10.2. The zero-order valence-corrected chi connectivity index (χ0v) is 11.0. The molecule has 1 fully saturated rings. The van der Waals surface area contributed by atoms with E-state index in [4.69, 9.17) is 5.73 Å². The van der Waals surface area contributed by atoms with E-state index >= 15 is 0 Å². The fraction of sp³-hybridized carbons (Fsp3) is 0.700. The van der Waals surface area contributed by atoms with Crippen molar-refractivity contribution in [2.75, 3.05) is 23.9 Å². The third-order valence-corrected chi connectivity index (χ3v) is 4.76. The Balaban J connectivity index is 1.98. The summed E-state index contributed by atoms with van der Waals surface area (Å²) >= 11 is 2.95. The number of anilines is 2. The van der Waals surface area contributed by atoms with E-state index in [9.17, 15) is 5.11 Å². The molecule has 1 aliphatic rings. The molecule has 0 spiro atoms. The molecule has 0 aromatic carbocycles. The van der Waals surface area contributed by atoms with Crippen LogP contribution in [-0.2, 0) is 0 Å². The largest absolute Gasteiger partial charge is 0.388 e. The molecule has 4 nitrogen and oxygen atoms in total. The van der Waals surface area contributed by atoms with Gasteiger partial charge in [0.15, 0.2) is 5.82 Å². The quantitative estimate of drug-likeness (QED) is 0.723. The monoisotopic (exact) mass is 259 g/mol. The van der Waals surface area contributed by atoms with Crippen molar-refractivity contribution < 1.29 is 5.11 Å². The smallest absolute Gasteiger partial charge is 0.153 e. The molecule has 0 unspecified atom stereocenters. The summed E-state index contributed by atoms with van der Waals surface area (Å²) in [7, 11) is 0. The molecular formula is C10H17N3OS2. The number of hydrogen-bond donors (Lipinski definition) is 3. The first-order valence-electron chi connectivity index (χ1n) is 5.40. The van der Waals surface area contributed by atoms with Crippen LogP contribution in [0.1, 0.15) is 25.7 Å². The lowest BCUT2D eigenvalue weighted by Gasteiger charge is -2.22. The lowest BCUT2D eigenvalue weighted by atomic mass is 10.0. The summed E-state index contributed by atoms with van der Waals surface area (Å²) in [6.07, 6.45) is 6.01. The number of nitrogen functional groups attached to an aromatic ring is 1. The number of nitrogens with zero attached hydrogens (tertiary/aromatic N) is 1. The zero-order valence-electron chi connectivity index (χ0n) is 9.32. The van der Waals surface area contributed by atoms with Crippen LogP contribution < -0.4 is 11.1 Å². The van der Waals surface area contributed by atoms with Gasteiger partial charge in [0, 0.05) is 6.54 Å². The number of aromatic nitrogens is 1. The Kier molecular flexibility index (Phi) is 3.61. The first kappa shape index (κ1) is 12.0. The van der Waals surface area contributed by atoms with Gasteiger partial charge < -0.3 is 16.2 Å². The molecule has 2 rings (SSSR count). The molecule has 6 heteroatoms. The van der Waals surface area contributed by atoms with Crippen molar-refractivity contribution in [3.05, 3.63) is 0 Å². The van der Waals surface area contributed by atoms with E-state index in [1.54, 1.807) is 11.8 Å². The lowest BCUT2D eigenvalue weighted by Crippen LogP contribution is -2.33. The molecule has 4 N–H and O–H groups in total. The van der Waals surface area contributed by atoms with Gasteiger partial charge in [-0.1, -0.05) is 12.8 Å². The second kappa shape index (κ2) is 4.81. The second-order valence-electron chi connectivity index (χ2n) is 4.22. The molecule has 1 aliphatic carbocycles. The molecule has 1 heterocycles. The van der Waals surface area contributed by atoms with E-state index < -0.39 is 5.60 Å². The van der Waals surface area contributed by atoms with Crippen LogP contribution in [0.25, 0.3) is 0 Å². The second-order valence-corrected chi connectivity index (χ2v) is 5.81. The summed E-state index contributed by atoms with van der Waals surface area (Å²) in [4.78, 5) is 0.992. The molecule has 0 bridgehead atoms. The van der Waals surface area contributed by atoms with Gasteiger partial charge in [-0.3, -0.25) is 0 Å². The topological polar surface area (TPSA) is 71.2 Å². The van der Waals surface area contributed by atoms with Crippen LogP contribution >= 0.6 is 23.3 Å². The van der Waals surface area contributed by atoms with Crippen LogP contribution in [0.4, 0.5) is 10.8 Å². The first-order valence-corrected chi connectivity index (χ1v) is 7.40. The highest BCUT2D eigenvalue weighted by molar-refractivity contribution is 7.99. The lowest BCUT2D eigenvalue weighted by molar-refractivity contribution is 0.0615. The number of nitrogens with two attached hydrogens (primary N) is 1. The minimum atomic E-state index is -0.533. The van der Waals surface area contributed by atoms with Crippen LogP contribution in [0.15, 0.2) is 4.90 Å². The SMILES string of the molecule is CSc1c(N)nsc1NCC1(O)CCCC1. The van der Waals surface area contributed by atoms with Gasteiger partial charge in [0.2, 0.25) is 0 Å². The summed E-state index contributed by atoms with van der Waals surface area (Å²) < 4.78 is 4.11. The van der Waals surface area contributed by atoms with Crippen molar-refractivity contribution in [2.45, 2.75) is 36.2 Å². The number of thioether (sulfide) groups is 1. The first-order chi connectivity index (χ1) is 7.64. The number of rotatable bonds is 4. The molecule has 1 aromatic heterocycles. The van der Waals surface area contributed by atoms with Crippen molar-refractivity contribution in [1.29, 1.82) is 0 Å². The van der Waals surface area contributed by atoms with Crippen molar-refractivity contribution in [2.24, 2.45) is 0 Å². The number of aliphatic hydroxyl groups is 1. The van der Waals surface area contributed by atoms with E-state index in [-0.39, 0.29) is 0 Å². The fourth-order valence-corrected chi connectivity index (χ4v) is 3.60.